The summed E-state index contributed by atoms with van der Waals surface area (Å²) in [5, 5.41) is 3.42. The van der Waals surface area contributed by atoms with Crippen LogP contribution in [0.15, 0.2) is 24.3 Å². The Morgan fingerprint density at radius 3 is 2.16 bits per heavy atom. The van der Waals surface area contributed by atoms with Gasteiger partial charge in [-0.15, -0.1) is 0 Å². The van der Waals surface area contributed by atoms with E-state index in [1.54, 1.807) is 12.1 Å². The average Bonchev–Trinajstić information content (AvgIpc) is 2.60. The molecule has 25 heavy (non-hydrogen) atoms. The third-order valence-corrected chi connectivity index (χ3v) is 5.07. The number of anilines is 1. The van der Waals surface area contributed by atoms with Crippen LogP contribution in [0.2, 0.25) is 5.02 Å². The van der Waals surface area contributed by atoms with Crippen molar-refractivity contribution in [2.24, 2.45) is 0 Å². The van der Waals surface area contributed by atoms with Crippen molar-refractivity contribution in [3.8, 4) is 0 Å². The molecule has 1 aliphatic rings. The van der Waals surface area contributed by atoms with E-state index in [1.807, 2.05) is 30.9 Å². The first-order valence-corrected chi connectivity index (χ1v) is 9.40. The summed E-state index contributed by atoms with van der Waals surface area (Å²) >= 11 is 6.07. The average molecular weight is 369 g/mol. The van der Waals surface area contributed by atoms with Gasteiger partial charge < -0.3 is 20.0 Å². The fraction of sp³-hybridized carbons (Fsp3) is 0.556. The van der Waals surface area contributed by atoms with Gasteiger partial charge in [0.2, 0.25) is 0 Å². The van der Waals surface area contributed by atoms with E-state index in [0.717, 1.165) is 39.3 Å². The molecule has 0 radical (unpaired) electrons. The van der Waals surface area contributed by atoms with Crippen LogP contribution in [0.25, 0.3) is 0 Å². The van der Waals surface area contributed by atoms with E-state index in [4.69, 9.17) is 11.6 Å². The fourth-order valence-electron chi connectivity index (χ4n) is 3.20. The molecule has 1 saturated heterocycles. The molecule has 0 aliphatic carbocycles. The molecule has 1 heterocycles. The van der Waals surface area contributed by atoms with Crippen LogP contribution in [0.4, 0.5) is 5.69 Å². The Morgan fingerprint density at radius 2 is 1.60 bits per heavy atom. The largest absolute Gasteiger partial charge is 0.338 e. The third kappa shape index (κ3) is 5.99. The Bertz CT molecular complexity index is 584. The lowest BCUT2D eigenvalue weighted by molar-refractivity contribution is -1.00. The van der Waals surface area contributed by atoms with E-state index in [2.05, 4.69) is 5.32 Å². The highest BCUT2D eigenvalue weighted by molar-refractivity contribution is 6.33. The van der Waals surface area contributed by atoms with Gasteiger partial charge in [-0.05, 0) is 26.0 Å². The minimum absolute atomic E-state index is 0.0224. The summed E-state index contributed by atoms with van der Waals surface area (Å²) in [6.07, 6.45) is 0. The number of halogens is 1. The Kier molecular flexibility index (Phi) is 7.68. The second kappa shape index (κ2) is 9.75. The van der Waals surface area contributed by atoms with E-state index >= 15 is 0 Å². The first-order valence-electron chi connectivity index (χ1n) is 9.02. The smallest absolute Gasteiger partial charge is 0.279 e. The number of quaternary nitrogens is 2. The topological polar surface area (TPSA) is 58.3 Å². The molecule has 1 aromatic carbocycles. The maximum atomic E-state index is 12.2. The molecule has 6 nitrogen and oxygen atoms in total. The molecule has 2 rings (SSSR count). The molecular formula is C18H29ClN4O2+2. The van der Waals surface area contributed by atoms with Crippen molar-refractivity contribution in [3.05, 3.63) is 29.3 Å². The van der Waals surface area contributed by atoms with Crippen LogP contribution in [0.3, 0.4) is 0 Å². The summed E-state index contributed by atoms with van der Waals surface area (Å²) < 4.78 is 0. The lowest BCUT2D eigenvalue weighted by atomic mass is 10.3. The summed E-state index contributed by atoms with van der Waals surface area (Å²) in [6, 6.07) is 7.25. The van der Waals surface area contributed by atoms with Crippen LogP contribution in [0.1, 0.15) is 13.8 Å². The zero-order valence-electron chi connectivity index (χ0n) is 15.1. The number of amides is 2. The zero-order chi connectivity index (χ0) is 18.2. The molecule has 0 aromatic heterocycles. The van der Waals surface area contributed by atoms with Crippen LogP contribution in [0.5, 0.6) is 0 Å². The highest BCUT2D eigenvalue weighted by Gasteiger charge is 2.27. The second-order valence-electron chi connectivity index (χ2n) is 6.45. The number of nitrogens with one attached hydrogen (secondary N) is 3. The van der Waals surface area contributed by atoms with Crippen molar-refractivity contribution in [3.63, 3.8) is 0 Å². The van der Waals surface area contributed by atoms with E-state index in [1.165, 1.54) is 9.80 Å². The van der Waals surface area contributed by atoms with Crippen LogP contribution in [-0.4, -0.2) is 69.1 Å². The van der Waals surface area contributed by atoms with Gasteiger partial charge >= 0.3 is 0 Å². The lowest BCUT2D eigenvalue weighted by Crippen LogP contribution is -3.28. The molecule has 3 N–H and O–H groups in total. The monoisotopic (exact) mass is 368 g/mol. The number of para-hydroxylation sites is 1. The number of nitrogens with zero attached hydrogens (tertiary/aromatic N) is 1. The van der Waals surface area contributed by atoms with Crippen LogP contribution >= 0.6 is 11.6 Å². The maximum Gasteiger partial charge on any atom is 0.279 e. The Balaban J connectivity index is 1.74. The summed E-state index contributed by atoms with van der Waals surface area (Å²) in [6.45, 7) is 10.2. The van der Waals surface area contributed by atoms with Crippen molar-refractivity contribution in [1.82, 2.24) is 4.90 Å². The lowest BCUT2D eigenvalue weighted by Gasteiger charge is -2.30. The first-order chi connectivity index (χ1) is 12.0. The van der Waals surface area contributed by atoms with Gasteiger partial charge in [-0.1, -0.05) is 23.7 Å². The summed E-state index contributed by atoms with van der Waals surface area (Å²) in [4.78, 5) is 28.8. The summed E-state index contributed by atoms with van der Waals surface area (Å²) in [7, 11) is 0. The minimum Gasteiger partial charge on any atom is -0.338 e. The predicted molar refractivity (Wildman–Crippen MR) is 99.1 cm³/mol. The first kappa shape index (κ1) is 19.7. The van der Waals surface area contributed by atoms with Crippen LogP contribution in [0, 0.1) is 0 Å². The van der Waals surface area contributed by atoms with Gasteiger partial charge in [-0.2, -0.15) is 0 Å². The molecule has 0 bridgehead atoms. The molecule has 1 aliphatic heterocycles. The quantitative estimate of drug-likeness (QED) is 0.574. The molecule has 2 amide bonds. The van der Waals surface area contributed by atoms with Crippen molar-refractivity contribution in [2.75, 3.05) is 57.7 Å². The summed E-state index contributed by atoms with van der Waals surface area (Å²) in [5.74, 6) is 0.200. The summed E-state index contributed by atoms with van der Waals surface area (Å²) in [5.41, 5.74) is 0.655. The number of carbonyl (C=O) groups is 2. The van der Waals surface area contributed by atoms with Crippen molar-refractivity contribution < 1.29 is 19.4 Å². The molecule has 138 valence electrons. The fourth-order valence-corrected chi connectivity index (χ4v) is 3.38. The van der Waals surface area contributed by atoms with Gasteiger partial charge in [-0.3, -0.25) is 9.59 Å². The second-order valence-corrected chi connectivity index (χ2v) is 6.85. The SMILES string of the molecule is CCN(CC)C(=O)C[NH+]1CC[NH+](CC(=O)Nc2ccccc2Cl)CC1. The van der Waals surface area contributed by atoms with Crippen LogP contribution < -0.4 is 15.1 Å². The van der Waals surface area contributed by atoms with Gasteiger partial charge in [0.25, 0.3) is 11.8 Å². The molecule has 1 fully saturated rings. The highest BCUT2D eigenvalue weighted by Crippen LogP contribution is 2.19. The number of carbonyl (C=O) groups excluding carboxylic acids is 2. The van der Waals surface area contributed by atoms with E-state index in [-0.39, 0.29) is 11.8 Å². The number of benzene rings is 1. The molecule has 0 spiro atoms. The molecule has 1 aromatic rings. The Labute approximate surface area is 154 Å². The van der Waals surface area contributed by atoms with Gasteiger partial charge in [0.05, 0.1) is 10.7 Å². The van der Waals surface area contributed by atoms with Gasteiger partial charge in [-0.25, -0.2) is 0 Å². The standard InChI is InChI=1S/C18H27ClN4O2/c1-3-23(4-2)18(25)14-22-11-9-21(10-12-22)13-17(24)20-16-8-6-5-7-15(16)19/h5-8H,3-4,9-14H2,1-2H3,(H,20,24)/p+2. The normalized spacial score (nSPS) is 20.1. The Hall–Kier alpha value is -1.63. The van der Waals surface area contributed by atoms with Crippen molar-refractivity contribution >= 4 is 29.1 Å². The highest BCUT2D eigenvalue weighted by atomic mass is 35.5. The number of likely N-dealkylation sites (N-methyl/N-ethyl adjacent to an activating group) is 1. The maximum absolute atomic E-state index is 12.2. The number of piperazine rings is 1. The molecule has 0 saturated carbocycles. The number of hydrogen-bond donors (Lipinski definition) is 3. The van der Waals surface area contributed by atoms with Crippen molar-refractivity contribution in [1.29, 1.82) is 0 Å². The minimum atomic E-state index is -0.0224. The number of rotatable bonds is 7. The molecule has 0 atom stereocenters. The Morgan fingerprint density at radius 1 is 1.04 bits per heavy atom. The predicted octanol–water partition coefficient (Wildman–Crippen LogP) is -1.07. The van der Waals surface area contributed by atoms with Gasteiger partial charge in [0.1, 0.15) is 26.2 Å². The van der Waals surface area contributed by atoms with Crippen LogP contribution in [-0.2, 0) is 9.59 Å². The van der Waals surface area contributed by atoms with Crippen molar-refractivity contribution in [2.45, 2.75) is 13.8 Å². The van der Waals surface area contributed by atoms with E-state index in [0.29, 0.717) is 23.8 Å². The van der Waals surface area contributed by atoms with E-state index < -0.39 is 0 Å². The zero-order valence-corrected chi connectivity index (χ0v) is 15.9. The number of hydrogen-bond acceptors (Lipinski definition) is 2. The third-order valence-electron chi connectivity index (χ3n) is 4.74. The van der Waals surface area contributed by atoms with Gasteiger partial charge in [0, 0.05) is 13.1 Å². The van der Waals surface area contributed by atoms with Gasteiger partial charge in [0.15, 0.2) is 13.1 Å². The van der Waals surface area contributed by atoms with E-state index in [9.17, 15) is 9.59 Å². The molecule has 7 heteroatoms. The molecule has 0 unspecified atom stereocenters. The molecular weight excluding hydrogens is 340 g/mol.